The van der Waals surface area contributed by atoms with Gasteiger partial charge in [0, 0.05) is 17.3 Å². The quantitative estimate of drug-likeness (QED) is 0.801. The maximum atomic E-state index is 13.5. The Morgan fingerprint density at radius 1 is 1.05 bits per heavy atom. The molecule has 1 aromatic heterocycles. The molecule has 0 unspecified atom stereocenters. The van der Waals surface area contributed by atoms with Gasteiger partial charge < -0.3 is 10.5 Å². The van der Waals surface area contributed by atoms with Crippen LogP contribution in [0.1, 0.15) is 5.56 Å². The van der Waals surface area contributed by atoms with Gasteiger partial charge in [-0.3, -0.25) is 0 Å². The summed E-state index contributed by atoms with van der Waals surface area (Å²) >= 11 is 0. The normalized spacial score (nSPS) is 10.4. The van der Waals surface area contributed by atoms with Gasteiger partial charge in [-0.2, -0.15) is 0 Å². The number of hydrogen-bond donors (Lipinski definition) is 1. The molecule has 0 saturated carbocycles. The average molecular weight is 295 g/mol. The first-order valence-electron chi connectivity index (χ1n) is 6.76. The molecule has 5 heteroatoms. The molecular weight excluding hydrogens is 281 g/mol. The molecule has 0 saturated heterocycles. The minimum Gasteiger partial charge on any atom is -0.489 e. The van der Waals surface area contributed by atoms with E-state index in [0.29, 0.717) is 17.1 Å². The maximum Gasteiger partial charge on any atom is 0.134 e. The fourth-order valence-electron chi connectivity index (χ4n) is 2.07. The van der Waals surface area contributed by atoms with Crippen LogP contribution in [0.4, 0.5) is 10.2 Å². The van der Waals surface area contributed by atoms with Crippen molar-refractivity contribution < 1.29 is 9.13 Å². The van der Waals surface area contributed by atoms with Crippen molar-refractivity contribution in [3.63, 3.8) is 0 Å². The Hall–Kier alpha value is -2.95. The first-order chi connectivity index (χ1) is 10.7. The monoisotopic (exact) mass is 295 g/mol. The Morgan fingerprint density at radius 3 is 2.55 bits per heavy atom. The minimum absolute atomic E-state index is 0.183. The number of ether oxygens (including phenoxy) is 1. The first-order valence-corrected chi connectivity index (χ1v) is 6.76. The lowest BCUT2D eigenvalue weighted by Crippen LogP contribution is -1.98. The number of nitrogens with two attached hydrogens (primary N) is 1. The number of hydrogen-bond acceptors (Lipinski definition) is 4. The third-order valence-electron chi connectivity index (χ3n) is 3.26. The fraction of sp³-hybridized carbons (Fsp3) is 0.0588. The molecule has 0 spiro atoms. The summed E-state index contributed by atoms with van der Waals surface area (Å²) in [6.07, 6.45) is 3.07. The van der Waals surface area contributed by atoms with Crippen LogP contribution < -0.4 is 10.5 Å². The summed E-state index contributed by atoms with van der Waals surface area (Å²) in [5, 5.41) is 0. The van der Waals surface area contributed by atoms with E-state index in [1.165, 1.54) is 12.4 Å². The highest BCUT2D eigenvalue weighted by Gasteiger charge is 2.05. The average Bonchev–Trinajstić information content (AvgIpc) is 2.55. The minimum atomic E-state index is -0.270. The van der Waals surface area contributed by atoms with E-state index in [1.807, 2.05) is 24.3 Å². The van der Waals surface area contributed by atoms with Gasteiger partial charge in [0.25, 0.3) is 0 Å². The Labute approximate surface area is 127 Å². The number of rotatable bonds is 4. The fourth-order valence-corrected chi connectivity index (χ4v) is 2.07. The molecule has 2 N–H and O–H groups in total. The molecule has 3 rings (SSSR count). The zero-order valence-corrected chi connectivity index (χ0v) is 11.7. The van der Waals surface area contributed by atoms with Crippen LogP contribution in [-0.4, -0.2) is 9.97 Å². The molecule has 0 bridgehead atoms. The molecule has 0 aliphatic rings. The lowest BCUT2D eigenvalue weighted by Gasteiger charge is -2.08. The van der Waals surface area contributed by atoms with Crippen LogP contribution in [0.25, 0.3) is 11.1 Å². The SMILES string of the molecule is Nc1ncncc1-c1ccc(OCc2ccccc2F)cc1. The Kier molecular flexibility index (Phi) is 3.96. The van der Waals surface area contributed by atoms with Gasteiger partial charge in [-0.25, -0.2) is 14.4 Å². The third-order valence-corrected chi connectivity index (χ3v) is 3.26. The van der Waals surface area contributed by atoms with Crippen molar-refractivity contribution in [1.82, 2.24) is 9.97 Å². The molecule has 0 atom stereocenters. The number of nitrogens with zero attached hydrogens (tertiary/aromatic N) is 2. The lowest BCUT2D eigenvalue weighted by atomic mass is 10.1. The molecule has 0 fully saturated rings. The third kappa shape index (κ3) is 3.03. The summed E-state index contributed by atoms with van der Waals surface area (Å²) < 4.78 is 19.1. The summed E-state index contributed by atoms with van der Waals surface area (Å²) in [5.74, 6) is 0.811. The molecule has 0 amide bonds. The summed E-state index contributed by atoms with van der Waals surface area (Å²) in [4.78, 5) is 7.92. The van der Waals surface area contributed by atoms with Gasteiger partial charge in [0.05, 0.1) is 0 Å². The van der Waals surface area contributed by atoms with Gasteiger partial charge in [0.2, 0.25) is 0 Å². The Bertz CT molecular complexity index is 775. The molecule has 2 aromatic carbocycles. The van der Waals surface area contributed by atoms with Crippen molar-refractivity contribution in [2.45, 2.75) is 6.61 Å². The molecule has 1 heterocycles. The van der Waals surface area contributed by atoms with Crippen molar-refractivity contribution in [2.24, 2.45) is 0 Å². The van der Waals surface area contributed by atoms with Crippen molar-refractivity contribution in [1.29, 1.82) is 0 Å². The summed E-state index contributed by atoms with van der Waals surface area (Å²) in [7, 11) is 0. The maximum absolute atomic E-state index is 13.5. The molecule has 3 aromatic rings. The largest absolute Gasteiger partial charge is 0.489 e. The second-order valence-corrected chi connectivity index (χ2v) is 4.73. The molecule has 0 aliphatic heterocycles. The molecule has 22 heavy (non-hydrogen) atoms. The number of nitrogen functional groups attached to an aromatic ring is 1. The van der Waals surface area contributed by atoms with Crippen LogP contribution in [0.5, 0.6) is 5.75 Å². The zero-order chi connectivity index (χ0) is 15.4. The van der Waals surface area contributed by atoms with Crippen molar-refractivity contribution in [3.8, 4) is 16.9 Å². The topological polar surface area (TPSA) is 61.0 Å². The van der Waals surface area contributed by atoms with Crippen LogP contribution in [-0.2, 0) is 6.61 Å². The molecular formula is C17H14FN3O. The summed E-state index contributed by atoms with van der Waals surface area (Å²) in [5.41, 5.74) is 8.00. The van der Waals surface area contributed by atoms with E-state index in [-0.39, 0.29) is 12.4 Å². The molecule has 0 aliphatic carbocycles. The van der Waals surface area contributed by atoms with E-state index in [2.05, 4.69) is 9.97 Å². The van der Waals surface area contributed by atoms with Gasteiger partial charge in [-0.1, -0.05) is 30.3 Å². The van der Waals surface area contributed by atoms with Crippen LogP contribution in [0.2, 0.25) is 0 Å². The summed E-state index contributed by atoms with van der Waals surface area (Å²) in [6.45, 7) is 0.183. The van der Waals surface area contributed by atoms with E-state index < -0.39 is 0 Å². The van der Waals surface area contributed by atoms with E-state index in [1.54, 1.807) is 24.4 Å². The van der Waals surface area contributed by atoms with Gasteiger partial charge in [0.1, 0.15) is 30.3 Å². The Balaban J connectivity index is 1.72. The smallest absolute Gasteiger partial charge is 0.134 e. The van der Waals surface area contributed by atoms with Crippen molar-refractivity contribution in [2.75, 3.05) is 5.73 Å². The predicted molar refractivity (Wildman–Crippen MR) is 82.6 cm³/mol. The highest BCUT2D eigenvalue weighted by atomic mass is 19.1. The van der Waals surface area contributed by atoms with Crippen molar-refractivity contribution >= 4 is 5.82 Å². The second-order valence-electron chi connectivity index (χ2n) is 4.73. The first kappa shape index (κ1) is 14.0. The highest BCUT2D eigenvalue weighted by molar-refractivity contribution is 5.72. The number of aromatic nitrogens is 2. The second kappa shape index (κ2) is 6.22. The number of halogens is 1. The van der Waals surface area contributed by atoms with Crippen LogP contribution >= 0.6 is 0 Å². The highest BCUT2D eigenvalue weighted by Crippen LogP contribution is 2.25. The van der Waals surface area contributed by atoms with E-state index in [9.17, 15) is 4.39 Å². The van der Waals surface area contributed by atoms with Crippen LogP contribution in [0, 0.1) is 5.82 Å². The zero-order valence-electron chi connectivity index (χ0n) is 11.7. The van der Waals surface area contributed by atoms with Crippen LogP contribution in [0.15, 0.2) is 61.1 Å². The molecule has 4 nitrogen and oxygen atoms in total. The van der Waals surface area contributed by atoms with Gasteiger partial charge >= 0.3 is 0 Å². The predicted octanol–water partition coefficient (Wildman–Crippen LogP) is 3.44. The van der Waals surface area contributed by atoms with Crippen molar-refractivity contribution in [3.05, 3.63) is 72.4 Å². The molecule has 0 radical (unpaired) electrons. The van der Waals surface area contributed by atoms with Crippen LogP contribution in [0.3, 0.4) is 0 Å². The van der Waals surface area contributed by atoms with E-state index in [4.69, 9.17) is 10.5 Å². The molecule has 110 valence electrons. The van der Waals surface area contributed by atoms with E-state index in [0.717, 1.165) is 11.1 Å². The van der Waals surface area contributed by atoms with Gasteiger partial charge in [0.15, 0.2) is 0 Å². The van der Waals surface area contributed by atoms with Gasteiger partial charge in [-0.15, -0.1) is 0 Å². The standard InChI is InChI=1S/C17H14FN3O/c18-16-4-2-1-3-13(16)10-22-14-7-5-12(6-8-14)15-9-20-11-21-17(15)19/h1-9,11H,10H2,(H2,19,20,21). The Morgan fingerprint density at radius 2 is 1.82 bits per heavy atom. The number of benzene rings is 2. The van der Waals surface area contributed by atoms with Gasteiger partial charge in [-0.05, 0) is 23.8 Å². The van der Waals surface area contributed by atoms with E-state index >= 15 is 0 Å². The number of anilines is 1. The lowest BCUT2D eigenvalue weighted by molar-refractivity contribution is 0.300. The summed E-state index contributed by atoms with van der Waals surface area (Å²) in [6, 6.07) is 13.9.